The summed E-state index contributed by atoms with van der Waals surface area (Å²) in [6.45, 7) is 3.85. The molecule has 2 aromatic carbocycles. The van der Waals surface area contributed by atoms with E-state index in [1.165, 1.54) is 18.2 Å². The van der Waals surface area contributed by atoms with Crippen molar-refractivity contribution in [3.63, 3.8) is 0 Å². The Labute approximate surface area is 122 Å². The number of hydrogen-bond acceptors (Lipinski definition) is 2. The predicted octanol–water partition coefficient (Wildman–Crippen LogP) is 4.18. The molecule has 0 bridgehead atoms. The van der Waals surface area contributed by atoms with Crippen molar-refractivity contribution in [2.45, 2.75) is 26.0 Å². The number of nitrogens with zero attached hydrogens (tertiary/aromatic N) is 1. The third kappa shape index (κ3) is 2.53. The summed E-state index contributed by atoms with van der Waals surface area (Å²) >= 11 is 0. The van der Waals surface area contributed by atoms with Gasteiger partial charge in [-0.05, 0) is 31.5 Å². The van der Waals surface area contributed by atoms with Crippen molar-refractivity contribution in [3.8, 4) is 0 Å². The van der Waals surface area contributed by atoms with Gasteiger partial charge >= 0.3 is 0 Å². The Morgan fingerprint density at radius 3 is 2.24 bits per heavy atom. The van der Waals surface area contributed by atoms with Gasteiger partial charge in [-0.3, -0.25) is 0 Å². The SMILES string of the molecule is Cc1ccc([C@@H]2N=C(c3c(F)cccc3F)O[C@@H]2C)cc1. The number of benzene rings is 2. The molecule has 4 heteroatoms. The first-order valence-corrected chi connectivity index (χ1v) is 6.81. The monoisotopic (exact) mass is 287 g/mol. The molecule has 1 aliphatic rings. The molecule has 2 atom stereocenters. The molecular formula is C17H15F2NO. The van der Waals surface area contributed by atoms with Gasteiger partial charge in [0.2, 0.25) is 5.90 Å². The van der Waals surface area contributed by atoms with Crippen LogP contribution in [0.2, 0.25) is 0 Å². The molecule has 0 saturated heterocycles. The second-order valence-electron chi connectivity index (χ2n) is 5.21. The Bertz CT molecular complexity index is 674. The lowest BCUT2D eigenvalue weighted by atomic mass is 10.0. The average molecular weight is 287 g/mol. The highest BCUT2D eigenvalue weighted by Gasteiger charge is 2.31. The Kier molecular flexibility index (Phi) is 3.45. The summed E-state index contributed by atoms with van der Waals surface area (Å²) in [6, 6.07) is 11.4. The highest BCUT2D eigenvalue weighted by Crippen LogP contribution is 2.32. The summed E-state index contributed by atoms with van der Waals surface area (Å²) in [5.41, 5.74) is 1.92. The molecule has 0 N–H and O–H groups in total. The number of ether oxygens (including phenoxy) is 1. The van der Waals surface area contributed by atoms with Crippen LogP contribution in [0.25, 0.3) is 0 Å². The maximum Gasteiger partial charge on any atom is 0.223 e. The van der Waals surface area contributed by atoms with E-state index in [1.54, 1.807) is 0 Å². The second-order valence-corrected chi connectivity index (χ2v) is 5.21. The molecular weight excluding hydrogens is 272 g/mol. The highest BCUT2D eigenvalue weighted by molar-refractivity contribution is 5.96. The van der Waals surface area contributed by atoms with Gasteiger partial charge in [0.05, 0.1) is 0 Å². The third-order valence-corrected chi connectivity index (χ3v) is 3.59. The molecule has 1 aliphatic heterocycles. The molecule has 1 heterocycles. The molecule has 3 rings (SSSR count). The van der Waals surface area contributed by atoms with Crippen molar-refractivity contribution in [1.82, 2.24) is 0 Å². The van der Waals surface area contributed by atoms with E-state index in [0.717, 1.165) is 11.1 Å². The minimum Gasteiger partial charge on any atom is -0.472 e. The fourth-order valence-corrected chi connectivity index (χ4v) is 2.44. The molecule has 21 heavy (non-hydrogen) atoms. The molecule has 0 aromatic heterocycles. The van der Waals surface area contributed by atoms with Crippen LogP contribution in [-0.4, -0.2) is 12.0 Å². The van der Waals surface area contributed by atoms with Crippen LogP contribution in [-0.2, 0) is 4.74 Å². The fraction of sp³-hybridized carbons (Fsp3) is 0.235. The topological polar surface area (TPSA) is 21.6 Å². The minimum atomic E-state index is -0.662. The van der Waals surface area contributed by atoms with Gasteiger partial charge in [-0.2, -0.15) is 0 Å². The average Bonchev–Trinajstić information content (AvgIpc) is 2.81. The van der Waals surface area contributed by atoms with Gasteiger partial charge in [0.1, 0.15) is 29.3 Å². The lowest BCUT2D eigenvalue weighted by Gasteiger charge is -2.13. The molecule has 2 nitrogen and oxygen atoms in total. The van der Waals surface area contributed by atoms with Crippen molar-refractivity contribution >= 4 is 5.90 Å². The number of aliphatic imine (C=N–C) groups is 1. The molecule has 108 valence electrons. The Balaban J connectivity index is 1.99. The van der Waals surface area contributed by atoms with E-state index in [4.69, 9.17) is 4.74 Å². The Hall–Kier alpha value is -2.23. The zero-order chi connectivity index (χ0) is 15.0. The summed E-state index contributed by atoms with van der Waals surface area (Å²) < 4.78 is 33.2. The first-order valence-electron chi connectivity index (χ1n) is 6.81. The van der Waals surface area contributed by atoms with Crippen LogP contribution < -0.4 is 0 Å². The van der Waals surface area contributed by atoms with E-state index >= 15 is 0 Å². The van der Waals surface area contributed by atoms with Crippen molar-refractivity contribution in [1.29, 1.82) is 0 Å². The van der Waals surface area contributed by atoms with Gasteiger partial charge < -0.3 is 4.74 Å². The van der Waals surface area contributed by atoms with Crippen LogP contribution in [0.4, 0.5) is 8.78 Å². The number of hydrogen-bond donors (Lipinski definition) is 0. The maximum absolute atomic E-state index is 13.8. The molecule has 0 unspecified atom stereocenters. The van der Waals surface area contributed by atoms with Crippen molar-refractivity contribution in [2.75, 3.05) is 0 Å². The Morgan fingerprint density at radius 2 is 1.62 bits per heavy atom. The van der Waals surface area contributed by atoms with Crippen LogP contribution >= 0.6 is 0 Å². The summed E-state index contributed by atoms with van der Waals surface area (Å²) in [4.78, 5) is 4.38. The molecule has 0 aliphatic carbocycles. The van der Waals surface area contributed by atoms with E-state index in [9.17, 15) is 8.78 Å². The first kappa shape index (κ1) is 13.7. The zero-order valence-corrected chi connectivity index (χ0v) is 11.8. The second kappa shape index (κ2) is 5.28. The maximum atomic E-state index is 13.8. The van der Waals surface area contributed by atoms with Crippen LogP contribution in [0.15, 0.2) is 47.5 Å². The van der Waals surface area contributed by atoms with E-state index in [1.807, 2.05) is 38.1 Å². The third-order valence-electron chi connectivity index (χ3n) is 3.59. The molecule has 0 spiro atoms. The van der Waals surface area contributed by atoms with Crippen LogP contribution in [0.1, 0.15) is 29.7 Å². The van der Waals surface area contributed by atoms with Gasteiger partial charge in [0.25, 0.3) is 0 Å². The number of aryl methyl sites for hydroxylation is 1. The summed E-state index contributed by atoms with van der Waals surface area (Å²) in [7, 11) is 0. The smallest absolute Gasteiger partial charge is 0.223 e. The molecule has 0 saturated carbocycles. The van der Waals surface area contributed by atoms with Gasteiger partial charge in [-0.25, -0.2) is 13.8 Å². The van der Waals surface area contributed by atoms with Gasteiger partial charge in [-0.15, -0.1) is 0 Å². The molecule has 0 amide bonds. The van der Waals surface area contributed by atoms with E-state index < -0.39 is 11.6 Å². The number of halogens is 2. The van der Waals surface area contributed by atoms with Gasteiger partial charge in [-0.1, -0.05) is 35.9 Å². The molecule has 0 fully saturated rings. The highest BCUT2D eigenvalue weighted by atomic mass is 19.1. The molecule has 2 aromatic rings. The summed E-state index contributed by atoms with van der Waals surface area (Å²) in [5, 5.41) is 0. The van der Waals surface area contributed by atoms with Crippen molar-refractivity contribution in [2.24, 2.45) is 4.99 Å². The zero-order valence-electron chi connectivity index (χ0n) is 11.8. The summed E-state index contributed by atoms with van der Waals surface area (Å²) in [5.74, 6) is -1.29. The van der Waals surface area contributed by atoms with Crippen LogP contribution in [0.3, 0.4) is 0 Å². The lowest BCUT2D eigenvalue weighted by Crippen LogP contribution is -2.14. The molecule has 0 radical (unpaired) electrons. The van der Waals surface area contributed by atoms with E-state index in [2.05, 4.69) is 4.99 Å². The largest absolute Gasteiger partial charge is 0.472 e. The summed E-state index contributed by atoms with van der Waals surface area (Å²) in [6.07, 6.45) is -0.262. The quantitative estimate of drug-likeness (QED) is 0.812. The van der Waals surface area contributed by atoms with Crippen molar-refractivity contribution < 1.29 is 13.5 Å². The van der Waals surface area contributed by atoms with Crippen LogP contribution in [0.5, 0.6) is 0 Å². The number of rotatable bonds is 2. The first-order chi connectivity index (χ1) is 10.1. The standard InChI is InChI=1S/C17H15F2NO/c1-10-6-8-12(9-7-10)16-11(2)21-17(20-16)15-13(18)4-3-5-14(15)19/h3-9,11,16H,1-2H3/t11-,16-/m1/s1. The van der Waals surface area contributed by atoms with Gasteiger partial charge in [0.15, 0.2) is 0 Å². The normalized spacial score (nSPS) is 21.0. The predicted molar refractivity (Wildman–Crippen MR) is 77.4 cm³/mol. The fourth-order valence-electron chi connectivity index (χ4n) is 2.44. The Morgan fingerprint density at radius 1 is 1.00 bits per heavy atom. The van der Waals surface area contributed by atoms with Crippen LogP contribution in [0, 0.1) is 18.6 Å². The van der Waals surface area contributed by atoms with E-state index in [-0.39, 0.29) is 23.6 Å². The lowest BCUT2D eigenvalue weighted by molar-refractivity contribution is 0.213. The van der Waals surface area contributed by atoms with Crippen molar-refractivity contribution in [3.05, 3.63) is 70.8 Å². The minimum absolute atomic E-state index is 0.0312. The van der Waals surface area contributed by atoms with Gasteiger partial charge in [0, 0.05) is 0 Å². The van der Waals surface area contributed by atoms with E-state index in [0.29, 0.717) is 0 Å².